The van der Waals surface area contributed by atoms with Crippen molar-refractivity contribution in [1.82, 2.24) is 5.32 Å². The van der Waals surface area contributed by atoms with E-state index in [-0.39, 0.29) is 5.91 Å². The van der Waals surface area contributed by atoms with Gasteiger partial charge in [0.15, 0.2) is 0 Å². The van der Waals surface area contributed by atoms with E-state index < -0.39 is 0 Å². The molecule has 19 heavy (non-hydrogen) atoms. The van der Waals surface area contributed by atoms with Crippen LogP contribution in [0.15, 0.2) is 33.6 Å². The number of thiocarbonyl (C=S) groups is 1. The van der Waals surface area contributed by atoms with Gasteiger partial charge in [0.25, 0.3) is 5.91 Å². The van der Waals surface area contributed by atoms with Crippen LogP contribution < -0.4 is 5.32 Å². The summed E-state index contributed by atoms with van der Waals surface area (Å²) in [6.45, 7) is 2.03. The molecule has 1 aromatic heterocycles. The average molecular weight is 289 g/mol. The van der Waals surface area contributed by atoms with E-state index in [4.69, 9.17) is 16.6 Å². The molecule has 3 nitrogen and oxygen atoms in total. The number of aryl methyl sites for hydroxylation is 1. The quantitative estimate of drug-likeness (QED) is 0.679. The lowest BCUT2D eigenvalue weighted by Crippen LogP contribution is -2.17. The predicted octanol–water partition coefficient (Wildman–Crippen LogP) is 3.48. The first-order valence-corrected chi connectivity index (χ1v) is 7.16. The Balaban J connectivity index is 2.17. The maximum atomic E-state index is 11.7. The van der Waals surface area contributed by atoms with Crippen molar-refractivity contribution >= 4 is 51.3 Å². The number of para-hydroxylation sites is 1. The second-order valence-corrected chi connectivity index (χ2v) is 5.86. The van der Waals surface area contributed by atoms with Gasteiger partial charge in [0.1, 0.15) is 15.7 Å². The summed E-state index contributed by atoms with van der Waals surface area (Å²) >= 11 is 6.28. The molecule has 0 radical (unpaired) electrons. The van der Waals surface area contributed by atoms with Crippen molar-refractivity contribution in [1.29, 1.82) is 0 Å². The first kappa shape index (κ1) is 12.4. The second-order valence-electron chi connectivity index (χ2n) is 4.14. The minimum atomic E-state index is -0.137. The highest BCUT2D eigenvalue weighted by atomic mass is 32.2. The fraction of sp³-hybridized carbons (Fsp3) is 0.143. The van der Waals surface area contributed by atoms with Gasteiger partial charge in [-0.3, -0.25) is 4.79 Å². The van der Waals surface area contributed by atoms with Crippen LogP contribution in [0.2, 0.25) is 0 Å². The maximum Gasteiger partial charge on any atom is 0.263 e. The zero-order chi connectivity index (χ0) is 13.4. The van der Waals surface area contributed by atoms with Gasteiger partial charge in [0, 0.05) is 17.4 Å². The molecule has 2 heterocycles. The van der Waals surface area contributed by atoms with E-state index in [1.54, 1.807) is 0 Å². The van der Waals surface area contributed by atoms with E-state index in [2.05, 4.69) is 5.32 Å². The minimum Gasteiger partial charge on any atom is -0.460 e. The Hall–Kier alpha value is -1.59. The molecular formula is C14H11NO2S2. The van der Waals surface area contributed by atoms with Crippen molar-refractivity contribution in [2.75, 3.05) is 0 Å². The number of rotatable bonds is 2. The van der Waals surface area contributed by atoms with Gasteiger partial charge in [-0.15, -0.1) is 0 Å². The Bertz CT molecular complexity index is 715. The monoisotopic (exact) mass is 289 g/mol. The number of thioether (sulfide) groups is 1. The van der Waals surface area contributed by atoms with Gasteiger partial charge in [-0.25, -0.2) is 0 Å². The van der Waals surface area contributed by atoms with Crippen LogP contribution in [0.5, 0.6) is 0 Å². The molecule has 0 saturated carbocycles. The third kappa shape index (κ3) is 2.19. The van der Waals surface area contributed by atoms with Gasteiger partial charge >= 0.3 is 0 Å². The number of hydrogen-bond donors (Lipinski definition) is 1. The number of carbonyl (C=O) groups excluding carboxylic acids is 1. The molecule has 1 aliphatic rings. The van der Waals surface area contributed by atoms with Crippen LogP contribution in [0.1, 0.15) is 18.2 Å². The Morgan fingerprint density at radius 1 is 1.42 bits per heavy atom. The Morgan fingerprint density at radius 3 is 2.89 bits per heavy atom. The highest BCUT2D eigenvalue weighted by Crippen LogP contribution is 2.32. The molecule has 0 bridgehead atoms. The predicted molar refractivity (Wildman–Crippen MR) is 81.9 cm³/mol. The largest absolute Gasteiger partial charge is 0.460 e. The lowest BCUT2D eigenvalue weighted by molar-refractivity contribution is -0.115. The fourth-order valence-electron chi connectivity index (χ4n) is 2.09. The zero-order valence-corrected chi connectivity index (χ0v) is 11.9. The summed E-state index contributed by atoms with van der Waals surface area (Å²) in [5.74, 6) is 0.752. The Morgan fingerprint density at radius 2 is 2.21 bits per heavy atom. The zero-order valence-electron chi connectivity index (χ0n) is 10.2. The molecule has 2 aromatic rings. The number of fused-ring (bicyclic) bond motifs is 1. The summed E-state index contributed by atoms with van der Waals surface area (Å²) in [7, 11) is 0. The summed E-state index contributed by atoms with van der Waals surface area (Å²) in [5.41, 5.74) is 1.82. The third-order valence-electron chi connectivity index (χ3n) is 2.95. The van der Waals surface area contributed by atoms with Gasteiger partial charge in [0.2, 0.25) is 0 Å². The molecule has 1 aliphatic heterocycles. The molecule has 3 rings (SSSR count). The van der Waals surface area contributed by atoms with Crippen LogP contribution in [-0.2, 0) is 11.2 Å². The van der Waals surface area contributed by atoms with Crippen molar-refractivity contribution in [2.45, 2.75) is 13.3 Å². The summed E-state index contributed by atoms with van der Waals surface area (Å²) < 4.78 is 6.30. The average Bonchev–Trinajstić information content (AvgIpc) is 2.91. The molecule has 1 fully saturated rings. The molecule has 1 amide bonds. The van der Waals surface area contributed by atoms with Crippen molar-refractivity contribution in [3.63, 3.8) is 0 Å². The van der Waals surface area contributed by atoms with Crippen LogP contribution in [-0.4, -0.2) is 10.2 Å². The molecule has 0 atom stereocenters. The summed E-state index contributed by atoms with van der Waals surface area (Å²) in [4.78, 5) is 12.3. The van der Waals surface area contributed by atoms with Crippen LogP contribution in [0.4, 0.5) is 0 Å². The summed E-state index contributed by atoms with van der Waals surface area (Å²) in [6, 6.07) is 7.84. The topological polar surface area (TPSA) is 42.2 Å². The number of furan rings is 1. The summed E-state index contributed by atoms with van der Waals surface area (Å²) in [5, 5.41) is 3.65. The molecule has 1 aromatic carbocycles. The van der Waals surface area contributed by atoms with E-state index in [0.29, 0.717) is 9.23 Å². The standard InChI is InChI=1S/C14H11NO2S2/c1-2-10-9(7-12-13(16)15-14(18)19-12)8-5-3-4-6-11(8)17-10/h3-7H,2H2,1H3,(H,15,16,18)/b12-7-. The molecule has 0 unspecified atom stereocenters. The minimum absolute atomic E-state index is 0.137. The van der Waals surface area contributed by atoms with Crippen molar-refractivity contribution in [3.8, 4) is 0 Å². The lowest BCUT2D eigenvalue weighted by atomic mass is 10.1. The molecule has 0 spiro atoms. The molecular weight excluding hydrogens is 278 g/mol. The fourth-order valence-corrected chi connectivity index (χ4v) is 3.12. The third-order valence-corrected chi connectivity index (χ3v) is 4.11. The molecule has 5 heteroatoms. The van der Waals surface area contributed by atoms with Crippen LogP contribution in [0.3, 0.4) is 0 Å². The van der Waals surface area contributed by atoms with Gasteiger partial charge in [0.05, 0.1) is 4.91 Å². The van der Waals surface area contributed by atoms with E-state index >= 15 is 0 Å². The SMILES string of the molecule is CCc1oc2ccccc2c1/C=C1\SC(=S)NC1=O. The highest BCUT2D eigenvalue weighted by Gasteiger charge is 2.23. The van der Waals surface area contributed by atoms with Crippen LogP contribution in [0, 0.1) is 0 Å². The van der Waals surface area contributed by atoms with E-state index in [1.807, 2.05) is 37.3 Å². The summed E-state index contributed by atoms with van der Waals surface area (Å²) in [6.07, 6.45) is 2.65. The van der Waals surface area contributed by atoms with Crippen LogP contribution in [0.25, 0.3) is 17.0 Å². The number of benzene rings is 1. The first-order chi connectivity index (χ1) is 9.19. The van der Waals surface area contributed by atoms with Crippen molar-refractivity contribution < 1.29 is 9.21 Å². The number of nitrogens with one attached hydrogen (secondary N) is 1. The Labute approximate surface area is 120 Å². The first-order valence-electron chi connectivity index (χ1n) is 5.94. The van der Waals surface area contributed by atoms with Gasteiger partial charge in [-0.2, -0.15) is 0 Å². The number of amides is 1. The van der Waals surface area contributed by atoms with Crippen LogP contribution >= 0.6 is 24.0 Å². The Kier molecular flexibility index (Phi) is 3.16. The van der Waals surface area contributed by atoms with Gasteiger partial charge in [-0.05, 0) is 12.1 Å². The van der Waals surface area contributed by atoms with Crippen molar-refractivity contribution in [2.24, 2.45) is 0 Å². The number of hydrogen-bond acceptors (Lipinski definition) is 4. The molecule has 1 saturated heterocycles. The number of carbonyl (C=O) groups is 1. The lowest BCUT2D eigenvalue weighted by Gasteiger charge is -1.95. The van der Waals surface area contributed by atoms with Crippen molar-refractivity contribution in [3.05, 3.63) is 40.5 Å². The maximum absolute atomic E-state index is 11.7. The van der Waals surface area contributed by atoms with Gasteiger partial charge < -0.3 is 9.73 Å². The molecule has 0 aliphatic carbocycles. The highest BCUT2D eigenvalue weighted by molar-refractivity contribution is 8.26. The van der Waals surface area contributed by atoms with E-state index in [1.165, 1.54) is 11.8 Å². The normalized spacial score (nSPS) is 17.4. The molecule has 96 valence electrons. The van der Waals surface area contributed by atoms with E-state index in [9.17, 15) is 4.79 Å². The van der Waals surface area contributed by atoms with E-state index in [0.717, 1.165) is 28.7 Å². The molecule has 1 N–H and O–H groups in total. The smallest absolute Gasteiger partial charge is 0.263 e. The van der Waals surface area contributed by atoms with Gasteiger partial charge in [-0.1, -0.05) is 49.1 Å². The second kappa shape index (κ2) is 4.83.